The van der Waals surface area contributed by atoms with Gasteiger partial charge >= 0.3 is 5.97 Å². The van der Waals surface area contributed by atoms with Gasteiger partial charge in [-0.3, -0.25) is 4.79 Å². The molecule has 1 aromatic rings. The van der Waals surface area contributed by atoms with E-state index in [1.54, 1.807) is 7.11 Å². The molecular formula is C27H42O5. The van der Waals surface area contributed by atoms with Gasteiger partial charge in [-0.15, -0.1) is 0 Å². The second-order valence-corrected chi connectivity index (χ2v) is 9.30. The van der Waals surface area contributed by atoms with E-state index in [4.69, 9.17) is 9.47 Å². The largest absolute Gasteiger partial charge is 0.463 e. The van der Waals surface area contributed by atoms with Gasteiger partial charge in [-0.2, -0.15) is 0 Å². The summed E-state index contributed by atoms with van der Waals surface area (Å²) in [5, 5.41) is 21.0. The molecular weight excluding hydrogens is 404 g/mol. The molecule has 5 atom stereocenters. The number of hydrogen-bond donors (Lipinski definition) is 2. The second-order valence-electron chi connectivity index (χ2n) is 9.30. The highest BCUT2D eigenvalue weighted by Crippen LogP contribution is 2.38. The van der Waals surface area contributed by atoms with Gasteiger partial charge in [0, 0.05) is 13.5 Å². The third-order valence-electron chi connectivity index (χ3n) is 6.47. The number of rotatable bonds is 14. The molecule has 1 saturated carbocycles. The fourth-order valence-electron chi connectivity index (χ4n) is 4.69. The predicted molar refractivity (Wildman–Crippen MR) is 127 cm³/mol. The summed E-state index contributed by atoms with van der Waals surface area (Å²) in [6.07, 6.45) is 10.2. The monoisotopic (exact) mass is 446 g/mol. The van der Waals surface area contributed by atoms with Gasteiger partial charge in [0.25, 0.3) is 0 Å². The first-order valence-corrected chi connectivity index (χ1v) is 12.2. The molecule has 0 spiro atoms. The molecule has 0 aliphatic heterocycles. The van der Waals surface area contributed by atoms with Crippen molar-refractivity contribution in [1.29, 1.82) is 0 Å². The Balaban J connectivity index is 1.75. The minimum atomic E-state index is -0.467. The zero-order valence-corrected chi connectivity index (χ0v) is 20.0. The summed E-state index contributed by atoms with van der Waals surface area (Å²) in [5.41, 5.74) is 1.31. The van der Waals surface area contributed by atoms with Crippen molar-refractivity contribution in [2.75, 3.05) is 7.11 Å². The first-order valence-electron chi connectivity index (χ1n) is 12.2. The highest BCUT2D eigenvalue weighted by molar-refractivity contribution is 5.69. The molecule has 1 aromatic carbocycles. The lowest BCUT2D eigenvalue weighted by Crippen LogP contribution is -2.24. The SMILES string of the molecule is CO[C@@H](CCc1ccccc1)CC[C@@H]1[C@@H](C/C=C\CCCC(=O)OC(C)C)[C@@H](O)C[C@H]1O. The van der Waals surface area contributed by atoms with Crippen LogP contribution in [0.5, 0.6) is 0 Å². The van der Waals surface area contributed by atoms with Crippen molar-refractivity contribution in [3.63, 3.8) is 0 Å². The minimum Gasteiger partial charge on any atom is -0.463 e. The molecule has 1 fully saturated rings. The van der Waals surface area contributed by atoms with E-state index in [-0.39, 0.29) is 30.0 Å². The number of carbonyl (C=O) groups excluding carboxylic acids is 1. The van der Waals surface area contributed by atoms with E-state index in [1.807, 2.05) is 19.9 Å². The normalized spacial score (nSPS) is 24.3. The summed E-state index contributed by atoms with van der Waals surface area (Å²) in [6.45, 7) is 3.71. The molecule has 0 unspecified atom stereocenters. The van der Waals surface area contributed by atoms with Crippen molar-refractivity contribution in [2.45, 2.75) is 96.1 Å². The highest BCUT2D eigenvalue weighted by Gasteiger charge is 2.40. The smallest absolute Gasteiger partial charge is 0.306 e. The zero-order chi connectivity index (χ0) is 23.3. The van der Waals surface area contributed by atoms with Crippen LogP contribution < -0.4 is 0 Å². The van der Waals surface area contributed by atoms with Crippen molar-refractivity contribution < 1.29 is 24.5 Å². The molecule has 2 rings (SSSR count). The molecule has 0 aromatic heterocycles. The van der Waals surface area contributed by atoms with E-state index in [9.17, 15) is 15.0 Å². The molecule has 180 valence electrons. The van der Waals surface area contributed by atoms with Crippen molar-refractivity contribution in [2.24, 2.45) is 11.8 Å². The summed E-state index contributed by atoms with van der Waals surface area (Å²) < 4.78 is 10.8. The summed E-state index contributed by atoms with van der Waals surface area (Å²) in [6, 6.07) is 10.4. The Kier molecular flexibility index (Phi) is 12.0. The van der Waals surface area contributed by atoms with Gasteiger partial charge in [-0.05, 0) is 82.6 Å². The Hall–Kier alpha value is -1.69. The lowest BCUT2D eigenvalue weighted by molar-refractivity contribution is -0.147. The van der Waals surface area contributed by atoms with Crippen LogP contribution in [0.15, 0.2) is 42.5 Å². The van der Waals surface area contributed by atoms with Gasteiger partial charge < -0.3 is 19.7 Å². The Bertz CT molecular complexity index is 672. The van der Waals surface area contributed by atoms with Gasteiger partial charge in [-0.25, -0.2) is 0 Å². The van der Waals surface area contributed by atoms with Crippen LogP contribution >= 0.6 is 0 Å². The number of methoxy groups -OCH3 is 1. The van der Waals surface area contributed by atoms with E-state index >= 15 is 0 Å². The Morgan fingerprint density at radius 1 is 1.09 bits per heavy atom. The van der Waals surface area contributed by atoms with Gasteiger partial charge in [0.2, 0.25) is 0 Å². The molecule has 0 bridgehead atoms. The van der Waals surface area contributed by atoms with E-state index in [2.05, 4.69) is 36.4 Å². The summed E-state index contributed by atoms with van der Waals surface area (Å²) >= 11 is 0. The standard InChI is InChI=1S/C27H42O5/c1-20(2)32-27(30)14-10-5-4-9-13-23-24(26(29)19-25(23)28)18-17-22(31-3)16-15-21-11-7-6-8-12-21/h4,6-9,11-12,20,22-26,28-29H,5,10,13-19H2,1-3H3/b9-4-/t22-,23+,24+,25-,26+/m0/s1. The molecule has 0 saturated heterocycles. The second kappa shape index (κ2) is 14.5. The summed E-state index contributed by atoms with van der Waals surface area (Å²) in [4.78, 5) is 11.6. The molecule has 0 radical (unpaired) electrons. The fraction of sp³-hybridized carbons (Fsp3) is 0.667. The van der Waals surface area contributed by atoms with E-state index in [0.717, 1.165) is 44.9 Å². The average molecular weight is 447 g/mol. The van der Waals surface area contributed by atoms with Gasteiger partial charge in [0.1, 0.15) is 0 Å². The van der Waals surface area contributed by atoms with Crippen molar-refractivity contribution in [1.82, 2.24) is 0 Å². The van der Waals surface area contributed by atoms with Crippen LogP contribution in [0.4, 0.5) is 0 Å². The first-order chi connectivity index (χ1) is 15.4. The predicted octanol–water partition coefficient (Wildman–Crippen LogP) is 4.84. The number of ether oxygens (including phenoxy) is 2. The van der Waals surface area contributed by atoms with Crippen LogP contribution in [0.1, 0.15) is 70.8 Å². The van der Waals surface area contributed by atoms with Crippen molar-refractivity contribution in [3.8, 4) is 0 Å². The number of aliphatic hydroxyl groups excluding tert-OH is 2. The topological polar surface area (TPSA) is 76.0 Å². The van der Waals surface area contributed by atoms with Crippen LogP contribution in [0.2, 0.25) is 0 Å². The number of aryl methyl sites for hydroxylation is 1. The van der Waals surface area contributed by atoms with Gasteiger partial charge in [0.05, 0.1) is 24.4 Å². The van der Waals surface area contributed by atoms with Crippen LogP contribution in [0.3, 0.4) is 0 Å². The number of allylic oxidation sites excluding steroid dienone is 2. The molecule has 32 heavy (non-hydrogen) atoms. The van der Waals surface area contributed by atoms with Crippen LogP contribution in [-0.4, -0.2) is 47.7 Å². The molecule has 0 heterocycles. The van der Waals surface area contributed by atoms with Crippen LogP contribution in [0.25, 0.3) is 0 Å². The molecule has 0 amide bonds. The van der Waals surface area contributed by atoms with Gasteiger partial charge in [0.15, 0.2) is 0 Å². The fourth-order valence-corrected chi connectivity index (χ4v) is 4.69. The molecule has 5 nitrogen and oxygen atoms in total. The Morgan fingerprint density at radius 3 is 2.50 bits per heavy atom. The number of esters is 1. The maximum absolute atomic E-state index is 11.6. The lowest BCUT2D eigenvalue weighted by atomic mass is 9.85. The maximum atomic E-state index is 11.6. The maximum Gasteiger partial charge on any atom is 0.306 e. The van der Waals surface area contributed by atoms with Crippen molar-refractivity contribution in [3.05, 3.63) is 48.0 Å². The van der Waals surface area contributed by atoms with E-state index in [1.165, 1.54) is 5.56 Å². The minimum absolute atomic E-state index is 0.0682. The van der Waals surface area contributed by atoms with Crippen molar-refractivity contribution >= 4 is 5.97 Å². The van der Waals surface area contributed by atoms with E-state index < -0.39 is 12.2 Å². The van der Waals surface area contributed by atoms with Gasteiger partial charge in [-0.1, -0.05) is 42.5 Å². The Morgan fingerprint density at radius 2 is 1.81 bits per heavy atom. The molecule has 1 aliphatic rings. The molecule has 5 heteroatoms. The van der Waals surface area contributed by atoms with Crippen LogP contribution in [-0.2, 0) is 20.7 Å². The lowest BCUT2D eigenvalue weighted by Gasteiger charge is -2.24. The molecule has 1 aliphatic carbocycles. The third kappa shape index (κ3) is 9.43. The summed E-state index contributed by atoms with van der Waals surface area (Å²) in [5.74, 6) is 0.00611. The zero-order valence-electron chi connectivity index (χ0n) is 20.0. The third-order valence-corrected chi connectivity index (χ3v) is 6.47. The van der Waals surface area contributed by atoms with E-state index in [0.29, 0.717) is 12.8 Å². The first kappa shape index (κ1) is 26.6. The average Bonchev–Trinajstić information content (AvgIpc) is 3.03. The summed E-state index contributed by atoms with van der Waals surface area (Å²) in [7, 11) is 1.76. The quantitative estimate of drug-likeness (QED) is 0.243. The number of hydrogen-bond acceptors (Lipinski definition) is 5. The number of carbonyl (C=O) groups is 1. The number of aliphatic hydroxyl groups is 2. The molecule has 2 N–H and O–H groups in total. The number of unbranched alkanes of at least 4 members (excludes halogenated alkanes) is 1. The Labute approximate surface area is 193 Å². The van der Waals surface area contributed by atoms with Crippen LogP contribution in [0, 0.1) is 11.8 Å². The highest BCUT2D eigenvalue weighted by atomic mass is 16.5. The number of benzene rings is 1.